The van der Waals surface area contributed by atoms with Crippen LogP contribution in [0.4, 0.5) is 5.69 Å². The summed E-state index contributed by atoms with van der Waals surface area (Å²) in [6.45, 7) is 2.06. The minimum Gasteiger partial charge on any atom is -0.375 e. The van der Waals surface area contributed by atoms with Gasteiger partial charge < -0.3 is 15.0 Å². The summed E-state index contributed by atoms with van der Waals surface area (Å²) >= 11 is 0. The van der Waals surface area contributed by atoms with Crippen LogP contribution in [0.15, 0.2) is 24.3 Å². The summed E-state index contributed by atoms with van der Waals surface area (Å²) in [5, 5.41) is 2.72. The first kappa shape index (κ1) is 14.2. The molecule has 0 aliphatic carbocycles. The van der Waals surface area contributed by atoms with E-state index in [0.717, 1.165) is 5.56 Å². The van der Waals surface area contributed by atoms with Crippen molar-refractivity contribution in [2.45, 2.75) is 13.5 Å². The number of hydrogen-bond donors (Lipinski definition) is 1. The molecule has 0 aliphatic heterocycles. The number of amides is 2. The maximum absolute atomic E-state index is 11.4. The molecule has 0 fully saturated rings. The number of methoxy groups -OCH3 is 1. The third-order valence-corrected chi connectivity index (χ3v) is 2.44. The van der Waals surface area contributed by atoms with Crippen LogP contribution in [0, 0.1) is 0 Å². The molecule has 0 unspecified atom stereocenters. The lowest BCUT2D eigenvalue weighted by Crippen LogP contribution is -2.23. The summed E-state index contributed by atoms with van der Waals surface area (Å²) in [6.07, 6.45) is 0. The first-order valence-electron chi connectivity index (χ1n) is 5.62. The maximum Gasteiger partial charge on any atom is 0.250 e. The lowest BCUT2D eigenvalue weighted by molar-refractivity contribution is -0.128. The normalized spacial score (nSPS) is 9.94. The van der Waals surface area contributed by atoms with E-state index in [-0.39, 0.29) is 18.4 Å². The largest absolute Gasteiger partial charge is 0.375 e. The molecule has 98 valence electrons. The molecule has 2 amide bonds. The van der Waals surface area contributed by atoms with Crippen molar-refractivity contribution < 1.29 is 14.3 Å². The second-order valence-corrected chi connectivity index (χ2v) is 4.06. The Morgan fingerprint density at radius 1 is 1.39 bits per heavy atom. The van der Waals surface area contributed by atoms with Crippen LogP contribution in [0.3, 0.4) is 0 Å². The van der Waals surface area contributed by atoms with E-state index in [2.05, 4.69) is 5.32 Å². The van der Waals surface area contributed by atoms with Crippen LogP contribution < -0.4 is 5.32 Å². The van der Waals surface area contributed by atoms with Gasteiger partial charge in [-0.2, -0.15) is 0 Å². The molecule has 0 radical (unpaired) electrons. The smallest absolute Gasteiger partial charge is 0.250 e. The van der Waals surface area contributed by atoms with Gasteiger partial charge in [0.15, 0.2) is 0 Å². The fourth-order valence-corrected chi connectivity index (χ4v) is 1.46. The number of nitrogens with one attached hydrogen (secondary N) is 1. The highest BCUT2D eigenvalue weighted by Crippen LogP contribution is 2.12. The Balaban J connectivity index is 2.67. The standard InChI is InChI=1S/C13H18N2O3/c1-10(16)15(2)8-11-5-4-6-12(7-11)14-13(17)9-18-3/h4-7H,8-9H2,1-3H3,(H,14,17). The van der Waals surface area contributed by atoms with E-state index in [4.69, 9.17) is 4.74 Å². The first-order valence-corrected chi connectivity index (χ1v) is 5.62. The van der Waals surface area contributed by atoms with E-state index in [1.165, 1.54) is 14.0 Å². The molecule has 0 spiro atoms. The molecule has 1 aromatic carbocycles. The van der Waals surface area contributed by atoms with Gasteiger partial charge in [-0.25, -0.2) is 0 Å². The average molecular weight is 250 g/mol. The van der Waals surface area contributed by atoms with Gasteiger partial charge in [-0.05, 0) is 17.7 Å². The average Bonchev–Trinajstić information content (AvgIpc) is 2.29. The summed E-state index contributed by atoms with van der Waals surface area (Å²) in [6, 6.07) is 7.38. The fourth-order valence-electron chi connectivity index (χ4n) is 1.46. The molecule has 1 aromatic rings. The predicted octanol–water partition coefficient (Wildman–Crippen LogP) is 1.25. The second kappa shape index (κ2) is 6.76. The number of carbonyl (C=O) groups excluding carboxylic acids is 2. The molecule has 0 saturated heterocycles. The van der Waals surface area contributed by atoms with Gasteiger partial charge in [-0.1, -0.05) is 12.1 Å². The molecule has 0 saturated carbocycles. The fraction of sp³-hybridized carbons (Fsp3) is 0.385. The number of rotatable bonds is 5. The molecule has 0 bridgehead atoms. The highest BCUT2D eigenvalue weighted by Gasteiger charge is 2.05. The summed E-state index contributed by atoms with van der Waals surface area (Å²) < 4.78 is 4.74. The Labute approximate surface area is 107 Å². The Hall–Kier alpha value is -1.88. The first-order chi connectivity index (χ1) is 8.52. The molecule has 0 aromatic heterocycles. The van der Waals surface area contributed by atoms with E-state index in [0.29, 0.717) is 12.2 Å². The van der Waals surface area contributed by atoms with E-state index in [1.54, 1.807) is 18.0 Å². The highest BCUT2D eigenvalue weighted by atomic mass is 16.5. The number of nitrogens with zero attached hydrogens (tertiary/aromatic N) is 1. The third kappa shape index (κ3) is 4.55. The maximum atomic E-state index is 11.4. The van der Waals surface area contributed by atoms with Gasteiger partial charge in [0.1, 0.15) is 6.61 Å². The van der Waals surface area contributed by atoms with Gasteiger partial charge in [0, 0.05) is 33.3 Å². The lowest BCUT2D eigenvalue weighted by atomic mass is 10.2. The van der Waals surface area contributed by atoms with Crippen molar-refractivity contribution in [3.63, 3.8) is 0 Å². The van der Waals surface area contributed by atoms with Gasteiger partial charge in [0.25, 0.3) is 0 Å². The molecule has 18 heavy (non-hydrogen) atoms. The highest BCUT2D eigenvalue weighted by molar-refractivity contribution is 5.91. The predicted molar refractivity (Wildman–Crippen MR) is 69.1 cm³/mol. The van der Waals surface area contributed by atoms with E-state index < -0.39 is 0 Å². The second-order valence-electron chi connectivity index (χ2n) is 4.06. The summed E-state index contributed by atoms with van der Waals surface area (Å²) in [4.78, 5) is 24.1. The minimum atomic E-state index is -0.199. The van der Waals surface area contributed by atoms with E-state index in [9.17, 15) is 9.59 Å². The molecular weight excluding hydrogens is 232 g/mol. The minimum absolute atomic E-state index is 0.00354. The Morgan fingerprint density at radius 2 is 2.11 bits per heavy atom. The Bertz CT molecular complexity index is 432. The van der Waals surface area contributed by atoms with Crippen molar-refractivity contribution in [3.05, 3.63) is 29.8 Å². The van der Waals surface area contributed by atoms with Crippen LogP contribution in [0.5, 0.6) is 0 Å². The van der Waals surface area contributed by atoms with Gasteiger partial charge in [0.2, 0.25) is 11.8 Å². The van der Waals surface area contributed by atoms with Crippen molar-refractivity contribution >= 4 is 17.5 Å². The number of ether oxygens (including phenoxy) is 1. The summed E-state index contributed by atoms with van der Waals surface area (Å²) in [5.41, 5.74) is 1.66. The lowest BCUT2D eigenvalue weighted by Gasteiger charge is -2.15. The molecule has 0 atom stereocenters. The SMILES string of the molecule is COCC(=O)Nc1cccc(CN(C)C(C)=O)c1. The van der Waals surface area contributed by atoms with Crippen LogP contribution in [0.25, 0.3) is 0 Å². The van der Waals surface area contributed by atoms with E-state index >= 15 is 0 Å². The number of benzene rings is 1. The number of anilines is 1. The van der Waals surface area contributed by atoms with Gasteiger partial charge in [0.05, 0.1) is 0 Å². The van der Waals surface area contributed by atoms with Crippen molar-refractivity contribution in [1.29, 1.82) is 0 Å². The number of carbonyl (C=O) groups is 2. The quantitative estimate of drug-likeness (QED) is 0.855. The third-order valence-electron chi connectivity index (χ3n) is 2.44. The van der Waals surface area contributed by atoms with Crippen LogP contribution >= 0.6 is 0 Å². The summed E-state index contributed by atoms with van der Waals surface area (Å²) in [5.74, 6) is -0.196. The van der Waals surface area contributed by atoms with Gasteiger partial charge in [-0.15, -0.1) is 0 Å². The molecule has 1 rings (SSSR count). The van der Waals surface area contributed by atoms with Crippen LogP contribution in [-0.4, -0.2) is 37.5 Å². The van der Waals surface area contributed by atoms with Crippen molar-refractivity contribution in [3.8, 4) is 0 Å². The van der Waals surface area contributed by atoms with E-state index in [1.807, 2.05) is 18.2 Å². The Morgan fingerprint density at radius 3 is 2.72 bits per heavy atom. The zero-order valence-electron chi connectivity index (χ0n) is 10.9. The van der Waals surface area contributed by atoms with Crippen molar-refractivity contribution in [2.75, 3.05) is 26.1 Å². The Kier molecular flexibility index (Phi) is 5.32. The molecule has 5 heteroatoms. The molecule has 1 N–H and O–H groups in total. The molecular formula is C13H18N2O3. The zero-order valence-corrected chi connectivity index (χ0v) is 10.9. The van der Waals surface area contributed by atoms with Gasteiger partial charge >= 0.3 is 0 Å². The number of hydrogen-bond acceptors (Lipinski definition) is 3. The topological polar surface area (TPSA) is 58.6 Å². The van der Waals surface area contributed by atoms with Gasteiger partial charge in [-0.3, -0.25) is 9.59 Å². The molecule has 0 heterocycles. The zero-order chi connectivity index (χ0) is 13.5. The van der Waals surface area contributed by atoms with Crippen molar-refractivity contribution in [2.24, 2.45) is 0 Å². The molecule has 0 aliphatic rings. The molecule has 5 nitrogen and oxygen atoms in total. The monoisotopic (exact) mass is 250 g/mol. The van der Waals surface area contributed by atoms with Crippen LogP contribution in [0.2, 0.25) is 0 Å². The summed E-state index contributed by atoms with van der Waals surface area (Å²) in [7, 11) is 3.20. The van der Waals surface area contributed by atoms with Crippen molar-refractivity contribution in [1.82, 2.24) is 4.90 Å². The van der Waals surface area contributed by atoms with Crippen LogP contribution in [-0.2, 0) is 20.9 Å². The van der Waals surface area contributed by atoms with Crippen LogP contribution in [0.1, 0.15) is 12.5 Å².